The van der Waals surface area contributed by atoms with E-state index in [4.69, 9.17) is 4.74 Å². The first-order chi connectivity index (χ1) is 8.88. The molecule has 0 fully saturated rings. The summed E-state index contributed by atoms with van der Waals surface area (Å²) in [7, 11) is 1.68. The summed E-state index contributed by atoms with van der Waals surface area (Å²) in [6.07, 6.45) is 3.69. The predicted molar refractivity (Wildman–Crippen MR) is 70.5 cm³/mol. The Hall–Kier alpha value is -2.42. The van der Waals surface area contributed by atoms with Crippen LogP contribution < -0.4 is 4.74 Å². The highest BCUT2D eigenvalue weighted by atomic mass is 16.5. The van der Waals surface area contributed by atoms with Gasteiger partial charge in [0.15, 0.2) is 0 Å². The fraction of sp³-hybridized carbons (Fsp3) is 0.0667. The minimum Gasteiger partial charge on any atom is -0.497 e. The lowest BCUT2D eigenvalue weighted by atomic mass is 10.1. The number of aromatic nitrogens is 2. The van der Waals surface area contributed by atoms with E-state index in [2.05, 4.69) is 16.0 Å². The van der Waals surface area contributed by atoms with Gasteiger partial charge in [-0.1, -0.05) is 0 Å². The molecule has 0 saturated carbocycles. The first kappa shape index (κ1) is 9.59. The molecular weight excluding hydrogens is 224 g/mol. The predicted octanol–water partition coefficient (Wildman–Crippen LogP) is 3.29. The number of hydrogen-bond acceptors (Lipinski definition) is 3. The minimum absolute atomic E-state index is 0.848. The van der Waals surface area contributed by atoms with Gasteiger partial charge in [0, 0.05) is 28.9 Å². The number of hydrogen-bond donors (Lipinski definition) is 0. The van der Waals surface area contributed by atoms with E-state index < -0.39 is 0 Å². The van der Waals surface area contributed by atoms with E-state index in [1.165, 1.54) is 5.39 Å². The largest absolute Gasteiger partial charge is 0.497 e. The molecule has 0 aliphatic heterocycles. The summed E-state index contributed by atoms with van der Waals surface area (Å²) in [5.41, 5.74) is 4.27. The molecule has 1 aliphatic rings. The van der Waals surface area contributed by atoms with Crippen LogP contribution >= 0.6 is 0 Å². The van der Waals surface area contributed by atoms with Crippen LogP contribution in [0.25, 0.3) is 33.3 Å². The van der Waals surface area contributed by atoms with Crippen molar-refractivity contribution in [3.8, 4) is 28.3 Å². The zero-order valence-corrected chi connectivity index (χ0v) is 9.84. The maximum atomic E-state index is 5.29. The summed E-state index contributed by atoms with van der Waals surface area (Å²) in [6, 6.07) is 10.1. The Kier molecular flexibility index (Phi) is 1.75. The maximum Gasteiger partial charge on any atom is 0.119 e. The van der Waals surface area contributed by atoms with E-state index in [-0.39, 0.29) is 0 Å². The second kappa shape index (κ2) is 3.29. The molecule has 3 heteroatoms. The molecule has 4 rings (SSSR count). The summed E-state index contributed by atoms with van der Waals surface area (Å²) in [6.45, 7) is 0. The van der Waals surface area contributed by atoms with Crippen molar-refractivity contribution in [2.45, 2.75) is 0 Å². The topological polar surface area (TPSA) is 35.0 Å². The normalized spacial score (nSPS) is 11.6. The van der Waals surface area contributed by atoms with Crippen molar-refractivity contribution in [1.29, 1.82) is 0 Å². The second-order valence-corrected chi connectivity index (χ2v) is 4.33. The molecule has 0 radical (unpaired) electrons. The van der Waals surface area contributed by atoms with Gasteiger partial charge in [0.05, 0.1) is 18.5 Å². The Morgan fingerprint density at radius 1 is 0.889 bits per heavy atom. The van der Waals surface area contributed by atoms with Crippen molar-refractivity contribution in [3.63, 3.8) is 0 Å². The average molecular weight is 234 g/mol. The number of ether oxygens (including phenoxy) is 1. The third kappa shape index (κ3) is 1.08. The van der Waals surface area contributed by atoms with Gasteiger partial charge in [0.1, 0.15) is 5.75 Å². The fourth-order valence-electron chi connectivity index (χ4n) is 2.58. The van der Waals surface area contributed by atoms with Crippen molar-refractivity contribution in [2.24, 2.45) is 0 Å². The van der Waals surface area contributed by atoms with Gasteiger partial charge in [-0.05, 0) is 35.7 Å². The molecule has 3 aromatic rings. The molecule has 0 spiro atoms. The van der Waals surface area contributed by atoms with Crippen LogP contribution in [-0.2, 0) is 0 Å². The quantitative estimate of drug-likeness (QED) is 0.507. The molecule has 3 nitrogen and oxygen atoms in total. The van der Waals surface area contributed by atoms with Gasteiger partial charge in [-0.25, -0.2) is 0 Å². The Bertz CT molecular complexity index is 775. The molecule has 0 amide bonds. The molecule has 18 heavy (non-hydrogen) atoms. The summed E-state index contributed by atoms with van der Waals surface area (Å²) in [4.78, 5) is 8.99. The Labute approximate surface area is 104 Å². The Balaban J connectivity index is 2.17. The van der Waals surface area contributed by atoms with E-state index in [0.29, 0.717) is 0 Å². The van der Waals surface area contributed by atoms with Gasteiger partial charge in [0.25, 0.3) is 0 Å². The standard InChI is InChI=1S/C15H10N2O/c1-18-10-2-3-11-12(8-10)15-13-9(5-7-17-15)4-6-16-14(11)13/h2-8H,1H3. The van der Waals surface area contributed by atoms with Crippen LogP contribution in [-0.4, -0.2) is 17.1 Å². The van der Waals surface area contributed by atoms with E-state index in [0.717, 1.165) is 33.7 Å². The van der Waals surface area contributed by atoms with Crippen LogP contribution in [0, 0.1) is 0 Å². The lowest BCUT2D eigenvalue weighted by Crippen LogP contribution is -1.85. The molecule has 1 aromatic carbocycles. The second-order valence-electron chi connectivity index (χ2n) is 4.33. The van der Waals surface area contributed by atoms with Crippen molar-refractivity contribution in [3.05, 3.63) is 42.7 Å². The Morgan fingerprint density at radius 2 is 1.61 bits per heavy atom. The molecule has 1 aliphatic carbocycles. The molecule has 86 valence electrons. The van der Waals surface area contributed by atoms with Gasteiger partial charge < -0.3 is 4.74 Å². The molecule has 0 atom stereocenters. The van der Waals surface area contributed by atoms with E-state index >= 15 is 0 Å². The van der Waals surface area contributed by atoms with E-state index in [9.17, 15) is 0 Å². The van der Waals surface area contributed by atoms with Gasteiger partial charge >= 0.3 is 0 Å². The highest BCUT2D eigenvalue weighted by molar-refractivity contribution is 6.12. The van der Waals surface area contributed by atoms with Crippen LogP contribution in [0.4, 0.5) is 0 Å². The van der Waals surface area contributed by atoms with Gasteiger partial charge in [-0.3, -0.25) is 9.97 Å². The number of nitrogens with zero attached hydrogens (tertiary/aromatic N) is 2. The number of pyridine rings is 2. The highest BCUT2D eigenvalue weighted by Crippen LogP contribution is 2.45. The van der Waals surface area contributed by atoms with E-state index in [1.54, 1.807) is 7.11 Å². The number of rotatable bonds is 1. The zero-order valence-electron chi connectivity index (χ0n) is 9.84. The monoisotopic (exact) mass is 234 g/mol. The molecule has 2 heterocycles. The van der Waals surface area contributed by atoms with Gasteiger partial charge in [-0.2, -0.15) is 0 Å². The van der Waals surface area contributed by atoms with Crippen molar-refractivity contribution in [1.82, 2.24) is 9.97 Å². The molecule has 2 aromatic heterocycles. The van der Waals surface area contributed by atoms with Crippen LogP contribution in [0.15, 0.2) is 42.7 Å². The lowest BCUT2D eigenvalue weighted by molar-refractivity contribution is 0.415. The maximum absolute atomic E-state index is 5.29. The molecule has 0 bridgehead atoms. The average Bonchev–Trinajstić information content (AvgIpc) is 2.76. The summed E-state index contributed by atoms with van der Waals surface area (Å²) >= 11 is 0. The minimum atomic E-state index is 0.848. The third-order valence-corrected chi connectivity index (χ3v) is 3.41. The first-order valence-corrected chi connectivity index (χ1v) is 5.81. The lowest BCUT2D eigenvalue weighted by Gasteiger charge is -2.03. The number of benzene rings is 1. The van der Waals surface area contributed by atoms with Crippen molar-refractivity contribution >= 4 is 10.8 Å². The van der Waals surface area contributed by atoms with Crippen molar-refractivity contribution < 1.29 is 4.74 Å². The van der Waals surface area contributed by atoms with E-state index in [1.807, 2.05) is 36.7 Å². The number of methoxy groups -OCH3 is 1. The summed E-state index contributed by atoms with van der Waals surface area (Å²) in [5, 5.41) is 2.32. The van der Waals surface area contributed by atoms with Crippen LogP contribution in [0.1, 0.15) is 0 Å². The van der Waals surface area contributed by atoms with Gasteiger partial charge in [0.2, 0.25) is 0 Å². The smallest absolute Gasteiger partial charge is 0.119 e. The zero-order chi connectivity index (χ0) is 12.1. The Morgan fingerprint density at radius 3 is 2.33 bits per heavy atom. The van der Waals surface area contributed by atoms with Crippen LogP contribution in [0.5, 0.6) is 5.75 Å². The first-order valence-electron chi connectivity index (χ1n) is 5.81. The SMILES string of the molecule is COc1ccc2c(c1)-c1nccc3ccnc-2c13. The van der Waals surface area contributed by atoms with Crippen LogP contribution in [0.2, 0.25) is 0 Å². The van der Waals surface area contributed by atoms with Crippen molar-refractivity contribution in [2.75, 3.05) is 7.11 Å². The van der Waals surface area contributed by atoms with Gasteiger partial charge in [-0.15, -0.1) is 0 Å². The van der Waals surface area contributed by atoms with Crippen LogP contribution in [0.3, 0.4) is 0 Å². The molecular formula is C15H10N2O. The number of fused-ring (bicyclic) bond motifs is 3. The molecule has 0 saturated heterocycles. The highest BCUT2D eigenvalue weighted by Gasteiger charge is 2.23. The molecule has 0 N–H and O–H groups in total. The molecule has 0 unspecified atom stereocenters. The fourth-order valence-corrected chi connectivity index (χ4v) is 2.58. The summed E-state index contributed by atoms with van der Waals surface area (Å²) < 4.78 is 5.29. The summed E-state index contributed by atoms with van der Waals surface area (Å²) in [5.74, 6) is 0.848. The third-order valence-electron chi connectivity index (χ3n) is 3.41.